The van der Waals surface area contributed by atoms with Gasteiger partial charge in [0.1, 0.15) is 6.10 Å². The average molecular weight is 274 g/mol. The topological polar surface area (TPSA) is 66.5 Å². The zero-order valence-corrected chi connectivity index (χ0v) is 10.0. The van der Waals surface area contributed by atoms with Gasteiger partial charge in [0, 0.05) is 11.9 Å². The zero-order valence-electron chi connectivity index (χ0n) is 8.44. The molecule has 0 saturated heterocycles. The molecule has 0 amide bonds. The Bertz CT molecular complexity index is 306. The number of aliphatic hydroxyl groups excluding tert-OH is 2. The Hall–Kier alpha value is -0.420. The number of alkyl halides is 1. The van der Waals surface area contributed by atoms with Crippen LogP contribution < -0.4 is 5.73 Å². The molecular weight excluding hydrogens is 258 g/mol. The number of benzene rings is 1. The molecule has 2 atom stereocenters. The van der Waals surface area contributed by atoms with E-state index < -0.39 is 12.2 Å². The number of hydrogen-bond donors (Lipinski definition) is 3. The summed E-state index contributed by atoms with van der Waals surface area (Å²) >= 11 is 3.23. The van der Waals surface area contributed by atoms with Gasteiger partial charge in [-0.25, -0.2) is 0 Å². The summed E-state index contributed by atoms with van der Waals surface area (Å²) in [5, 5.41) is 20.2. The fourth-order valence-corrected chi connectivity index (χ4v) is 1.95. The maximum absolute atomic E-state index is 9.91. The van der Waals surface area contributed by atoms with Crippen molar-refractivity contribution in [3.63, 3.8) is 0 Å². The fraction of sp³-hybridized carbons (Fsp3) is 0.455. The van der Waals surface area contributed by atoms with Gasteiger partial charge >= 0.3 is 0 Å². The first-order chi connectivity index (χ1) is 7.20. The fourth-order valence-electron chi connectivity index (χ4n) is 1.49. The summed E-state index contributed by atoms with van der Waals surface area (Å²) in [5.74, 6) is 0. The van der Waals surface area contributed by atoms with Gasteiger partial charge in [0.25, 0.3) is 0 Å². The van der Waals surface area contributed by atoms with Gasteiger partial charge in [0.05, 0.1) is 6.10 Å². The lowest BCUT2D eigenvalue weighted by atomic mass is 9.97. The van der Waals surface area contributed by atoms with Crippen LogP contribution in [-0.4, -0.2) is 21.6 Å². The third-order valence-electron chi connectivity index (χ3n) is 2.36. The van der Waals surface area contributed by atoms with Crippen molar-refractivity contribution < 1.29 is 10.2 Å². The standard InChI is InChI=1S/C11H16BrNO2/c12-6-5-10(14)11(15)9-4-2-1-3-8(9)7-13/h1-4,10-11,14-15H,5-7,13H2. The molecule has 0 fully saturated rings. The molecule has 4 N–H and O–H groups in total. The first-order valence-electron chi connectivity index (χ1n) is 4.90. The predicted octanol–water partition coefficient (Wildman–Crippen LogP) is 1.32. The SMILES string of the molecule is NCc1ccccc1C(O)C(O)CCBr. The van der Waals surface area contributed by atoms with Gasteiger partial charge in [-0.3, -0.25) is 0 Å². The highest BCUT2D eigenvalue weighted by Crippen LogP contribution is 2.22. The van der Waals surface area contributed by atoms with Crippen LogP contribution >= 0.6 is 15.9 Å². The summed E-state index contributed by atoms with van der Waals surface area (Å²) in [6.07, 6.45) is -1.10. The molecule has 0 radical (unpaired) electrons. The molecule has 1 aromatic rings. The van der Waals surface area contributed by atoms with E-state index in [1.165, 1.54) is 0 Å². The minimum atomic E-state index is -0.859. The van der Waals surface area contributed by atoms with Crippen molar-refractivity contribution in [3.8, 4) is 0 Å². The molecule has 0 aliphatic heterocycles. The number of hydrogen-bond acceptors (Lipinski definition) is 3. The van der Waals surface area contributed by atoms with Gasteiger partial charge in [-0.15, -0.1) is 0 Å². The molecule has 0 bridgehead atoms. The lowest BCUT2D eigenvalue weighted by Crippen LogP contribution is -2.20. The van der Waals surface area contributed by atoms with Crippen LogP contribution in [0.3, 0.4) is 0 Å². The molecule has 4 heteroatoms. The molecule has 1 rings (SSSR count). The van der Waals surface area contributed by atoms with Gasteiger partial charge in [-0.05, 0) is 17.5 Å². The van der Waals surface area contributed by atoms with E-state index >= 15 is 0 Å². The van der Waals surface area contributed by atoms with Gasteiger partial charge in [-0.2, -0.15) is 0 Å². The molecule has 0 saturated carbocycles. The highest BCUT2D eigenvalue weighted by atomic mass is 79.9. The normalized spacial score (nSPS) is 14.9. The van der Waals surface area contributed by atoms with E-state index in [-0.39, 0.29) is 0 Å². The number of nitrogens with two attached hydrogens (primary N) is 1. The van der Waals surface area contributed by atoms with E-state index in [2.05, 4.69) is 15.9 Å². The smallest absolute Gasteiger partial charge is 0.105 e. The molecule has 0 aromatic heterocycles. The van der Waals surface area contributed by atoms with Crippen molar-refractivity contribution in [2.24, 2.45) is 5.73 Å². The van der Waals surface area contributed by atoms with Crippen molar-refractivity contribution >= 4 is 15.9 Å². The Kier molecular flexibility index (Phi) is 5.25. The van der Waals surface area contributed by atoms with Crippen LogP contribution in [0.25, 0.3) is 0 Å². The van der Waals surface area contributed by atoms with E-state index in [9.17, 15) is 10.2 Å². The number of aliphatic hydroxyl groups is 2. The molecular formula is C11H16BrNO2. The highest BCUT2D eigenvalue weighted by Gasteiger charge is 2.19. The number of halogens is 1. The highest BCUT2D eigenvalue weighted by molar-refractivity contribution is 9.09. The first-order valence-corrected chi connectivity index (χ1v) is 6.02. The summed E-state index contributed by atoms with van der Waals surface area (Å²) in [6.45, 7) is 0.369. The summed E-state index contributed by atoms with van der Waals surface area (Å²) in [7, 11) is 0. The maximum atomic E-state index is 9.91. The van der Waals surface area contributed by atoms with Crippen LogP contribution in [0.4, 0.5) is 0 Å². The summed E-state index contributed by atoms with van der Waals surface area (Å²) in [5.41, 5.74) is 7.15. The molecule has 0 aliphatic rings. The van der Waals surface area contributed by atoms with Gasteiger partial charge in [-0.1, -0.05) is 40.2 Å². The van der Waals surface area contributed by atoms with E-state index in [0.717, 1.165) is 5.56 Å². The Labute approximate surface area is 98.1 Å². The Morgan fingerprint density at radius 1 is 1.27 bits per heavy atom. The summed E-state index contributed by atoms with van der Waals surface area (Å²) in [4.78, 5) is 0. The van der Waals surface area contributed by atoms with E-state index in [1.54, 1.807) is 6.07 Å². The third-order valence-corrected chi connectivity index (χ3v) is 2.82. The van der Waals surface area contributed by atoms with E-state index in [4.69, 9.17) is 5.73 Å². The second kappa shape index (κ2) is 6.23. The maximum Gasteiger partial charge on any atom is 0.105 e. The van der Waals surface area contributed by atoms with Crippen LogP contribution in [0.5, 0.6) is 0 Å². The average Bonchev–Trinajstić information content (AvgIpc) is 2.28. The molecule has 0 aliphatic carbocycles. The molecule has 3 nitrogen and oxygen atoms in total. The largest absolute Gasteiger partial charge is 0.390 e. The van der Waals surface area contributed by atoms with Crippen LogP contribution in [-0.2, 0) is 6.54 Å². The molecule has 84 valence electrons. The first kappa shape index (κ1) is 12.6. The lowest BCUT2D eigenvalue weighted by molar-refractivity contribution is 0.0168. The van der Waals surface area contributed by atoms with Gasteiger partial charge in [0.15, 0.2) is 0 Å². The molecule has 2 unspecified atom stereocenters. The minimum absolute atomic E-state index is 0.369. The van der Waals surface area contributed by atoms with Crippen molar-refractivity contribution in [1.82, 2.24) is 0 Å². The monoisotopic (exact) mass is 273 g/mol. The van der Waals surface area contributed by atoms with E-state index in [0.29, 0.717) is 23.9 Å². The zero-order chi connectivity index (χ0) is 11.3. The quantitative estimate of drug-likeness (QED) is 0.709. The predicted molar refractivity (Wildman–Crippen MR) is 63.7 cm³/mol. The molecule has 0 heterocycles. The van der Waals surface area contributed by atoms with Crippen LogP contribution in [0.2, 0.25) is 0 Å². The van der Waals surface area contributed by atoms with Gasteiger partial charge < -0.3 is 15.9 Å². The molecule has 1 aromatic carbocycles. The third kappa shape index (κ3) is 3.28. The lowest BCUT2D eigenvalue weighted by Gasteiger charge is -2.19. The minimum Gasteiger partial charge on any atom is -0.390 e. The van der Waals surface area contributed by atoms with Crippen molar-refractivity contribution in [2.75, 3.05) is 5.33 Å². The summed E-state index contributed by atoms with van der Waals surface area (Å²) < 4.78 is 0. The second-order valence-corrected chi connectivity index (χ2v) is 4.19. The van der Waals surface area contributed by atoms with E-state index in [1.807, 2.05) is 18.2 Å². The van der Waals surface area contributed by atoms with Crippen molar-refractivity contribution in [1.29, 1.82) is 0 Å². The van der Waals surface area contributed by atoms with Crippen molar-refractivity contribution in [2.45, 2.75) is 25.2 Å². The Balaban J connectivity index is 2.84. The van der Waals surface area contributed by atoms with Gasteiger partial charge in [0.2, 0.25) is 0 Å². The summed E-state index contributed by atoms with van der Waals surface area (Å²) in [6, 6.07) is 7.36. The van der Waals surface area contributed by atoms with Crippen LogP contribution in [0, 0.1) is 0 Å². The Morgan fingerprint density at radius 3 is 2.53 bits per heavy atom. The number of rotatable bonds is 5. The molecule has 0 spiro atoms. The van der Waals surface area contributed by atoms with Crippen molar-refractivity contribution in [3.05, 3.63) is 35.4 Å². The Morgan fingerprint density at radius 2 is 1.93 bits per heavy atom. The van der Waals surface area contributed by atoms with Crippen LogP contribution in [0.1, 0.15) is 23.7 Å². The second-order valence-electron chi connectivity index (χ2n) is 3.39. The van der Waals surface area contributed by atoms with Crippen LogP contribution in [0.15, 0.2) is 24.3 Å². The molecule has 15 heavy (non-hydrogen) atoms.